The third-order valence-corrected chi connectivity index (χ3v) is 4.40. The molecule has 0 spiro atoms. The number of benzene rings is 1. The number of rotatable bonds is 3. The topological polar surface area (TPSA) is 38.5 Å². The quantitative estimate of drug-likeness (QED) is 0.697. The summed E-state index contributed by atoms with van der Waals surface area (Å²) in [5, 5.41) is 4.62. The number of aromatic amines is 1. The van der Waals surface area contributed by atoms with Gasteiger partial charge in [-0.05, 0) is 49.3 Å². The van der Waals surface area contributed by atoms with Crippen LogP contribution in [0.1, 0.15) is 24.6 Å². The van der Waals surface area contributed by atoms with Crippen molar-refractivity contribution in [1.82, 2.24) is 19.3 Å². The predicted molar refractivity (Wildman–Crippen MR) is 91.7 cm³/mol. The molecule has 0 aliphatic heterocycles. The molecule has 6 heteroatoms. The molecule has 1 N–H and O–H groups in total. The van der Waals surface area contributed by atoms with Crippen molar-refractivity contribution in [1.29, 1.82) is 0 Å². The van der Waals surface area contributed by atoms with Crippen LogP contribution >= 0.6 is 28.1 Å². The molecular formula is C15H17BrN4S. The maximum Gasteiger partial charge on any atom is 0.184 e. The molecule has 4 nitrogen and oxygen atoms in total. The zero-order chi connectivity index (χ0) is 15.1. The van der Waals surface area contributed by atoms with E-state index in [0.29, 0.717) is 4.77 Å². The Bertz CT molecular complexity index is 872. The minimum atomic E-state index is 0.709. The third-order valence-electron chi connectivity index (χ3n) is 3.62. The summed E-state index contributed by atoms with van der Waals surface area (Å²) in [6.07, 6.45) is 2.02. The van der Waals surface area contributed by atoms with E-state index in [0.717, 1.165) is 39.9 Å². The molecule has 0 unspecified atom stereocenters. The fourth-order valence-corrected chi connectivity index (χ4v) is 3.48. The summed E-state index contributed by atoms with van der Waals surface area (Å²) in [4.78, 5) is 3.32. The number of hydrogen-bond donors (Lipinski definition) is 1. The van der Waals surface area contributed by atoms with Crippen molar-refractivity contribution in [2.24, 2.45) is 7.05 Å². The summed E-state index contributed by atoms with van der Waals surface area (Å²) < 4.78 is 5.76. The number of imidazole rings is 1. The second kappa shape index (κ2) is 5.42. The Morgan fingerprint density at radius 2 is 2.14 bits per heavy atom. The van der Waals surface area contributed by atoms with Gasteiger partial charge in [0.1, 0.15) is 5.52 Å². The summed E-state index contributed by atoms with van der Waals surface area (Å²) >= 11 is 9.05. The van der Waals surface area contributed by atoms with Gasteiger partial charge in [0.25, 0.3) is 0 Å². The van der Waals surface area contributed by atoms with Crippen molar-refractivity contribution in [3.8, 4) is 5.69 Å². The van der Waals surface area contributed by atoms with Gasteiger partial charge in [0.05, 0.1) is 11.4 Å². The first-order valence-electron chi connectivity index (χ1n) is 6.96. The number of aryl methyl sites for hydroxylation is 3. The summed E-state index contributed by atoms with van der Waals surface area (Å²) in [7, 11) is 1.97. The molecule has 21 heavy (non-hydrogen) atoms. The Balaban J connectivity index is 2.32. The molecule has 1 aromatic carbocycles. The molecule has 0 aliphatic rings. The molecule has 0 amide bonds. The number of fused-ring (bicyclic) bond motifs is 1. The van der Waals surface area contributed by atoms with E-state index in [9.17, 15) is 0 Å². The summed E-state index contributed by atoms with van der Waals surface area (Å²) in [5.41, 5.74) is 5.40. The average molecular weight is 365 g/mol. The van der Waals surface area contributed by atoms with E-state index >= 15 is 0 Å². The lowest BCUT2D eigenvalue weighted by Gasteiger charge is -2.09. The fourth-order valence-electron chi connectivity index (χ4n) is 2.72. The molecule has 0 atom stereocenters. The van der Waals surface area contributed by atoms with E-state index < -0.39 is 0 Å². The Kier molecular flexibility index (Phi) is 3.75. The van der Waals surface area contributed by atoms with Crippen molar-refractivity contribution in [2.75, 3.05) is 0 Å². The maximum absolute atomic E-state index is 5.54. The summed E-state index contributed by atoms with van der Waals surface area (Å²) in [6.45, 7) is 4.25. The van der Waals surface area contributed by atoms with E-state index in [1.54, 1.807) is 0 Å². The van der Waals surface area contributed by atoms with Crippen molar-refractivity contribution >= 4 is 39.3 Å². The van der Waals surface area contributed by atoms with Gasteiger partial charge < -0.3 is 4.98 Å². The lowest BCUT2D eigenvalue weighted by molar-refractivity contribution is 0.735. The van der Waals surface area contributed by atoms with E-state index in [2.05, 4.69) is 56.6 Å². The zero-order valence-corrected chi connectivity index (χ0v) is 14.7. The molecule has 110 valence electrons. The predicted octanol–water partition coefficient (Wildman–Crippen LogP) is 4.45. The molecule has 2 aromatic heterocycles. The third kappa shape index (κ3) is 2.36. The van der Waals surface area contributed by atoms with Crippen LogP contribution in [-0.2, 0) is 13.5 Å². The van der Waals surface area contributed by atoms with E-state index in [1.807, 2.05) is 17.8 Å². The molecule has 3 rings (SSSR count). The van der Waals surface area contributed by atoms with Crippen molar-refractivity contribution in [3.05, 3.63) is 38.7 Å². The Hall–Kier alpha value is -1.40. The average Bonchev–Trinajstić information content (AvgIpc) is 2.89. The van der Waals surface area contributed by atoms with Gasteiger partial charge in [-0.15, -0.1) is 0 Å². The van der Waals surface area contributed by atoms with E-state index in [4.69, 9.17) is 12.2 Å². The highest BCUT2D eigenvalue weighted by molar-refractivity contribution is 9.10. The first-order valence-corrected chi connectivity index (χ1v) is 8.16. The Morgan fingerprint density at radius 3 is 2.81 bits per heavy atom. The van der Waals surface area contributed by atoms with Crippen LogP contribution in [0, 0.1) is 11.7 Å². The van der Waals surface area contributed by atoms with Gasteiger partial charge in [-0.3, -0.25) is 4.57 Å². The number of H-pyrrole nitrogens is 1. The first kappa shape index (κ1) is 14.5. The summed E-state index contributed by atoms with van der Waals surface area (Å²) in [5.74, 6) is 0. The standard InChI is InChI=1S/C15H17BrN4S/c1-4-5-11-13-14(19(3)18-11)20(15(21)17-13)12-7-6-10(16)8-9(12)2/h6-8H,4-5H2,1-3H3,(H,17,21). The highest BCUT2D eigenvalue weighted by atomic mass is 79.9. The largest absolute Gasteiger partial charge is 0.327 e. The molecule has 0 radical (unpaired) electrons. The Labute approximate surface area is 136 Å². The molecule has 3 aromatic rings. The van der Waals surface area contributed by atoms with Crippen LogP contribution in [0.25, 0.3) is 16.9 Å². The van der Waals surface area contributed by atoms with Crippen LogP contribution in [0.15, 0.2) is 22.7 Å². The molecule has 0 saturated carbocycles. The minimum absolute atomic E-state index is 0.709. The normalized spacial score (nSPS) is 11.4. The molecule has 0 saturated heterocycles. The monoisotopic (exact) mass is 364 g/mol. The lowest BCUT2D eigenvalue weighted by Crippen LogP contribution is -2.02. The van der Waals surface area contributed by atoms with Gasteiger partial charge in [0.2, 0.25) is 0 Å². The van der Waals surface area contributed by atoms with E-state index in [1.165, 1.54) is 5.56 Å². The molecule has 2 heterocycles. The molecule has 0 fully saturated rings. The van der Waals surface area contributed by atoms with Gasteiger partial charge in [-0.25, -0.2) is 4.68 Å². The molecule has 0 aliphatic carbocycles. The number of nitrogens with one attached hydrogen (secondary N) is 1. The molecule has 0 bridgehead atoms. The second-order valence-corrected chi connectivity index (χ2v) is 6.52. The minimum Gasteiger partial charge on any atom is -0.327 e. The summed E-state index contributed by atoms with van der Waals surface area (Å²) in [6, 6.07) is 6.21. The van der Waals surface area contributed by atoms with Crippen molar-refractivity contribution in [3.63, 3.8) is 0 Å². The van der Waals surface area contributed by atoms with Crippen molar-refractivity contribution < 1.29 is 0 Å². The highest BCUT2D eigenvalue weighted by Gasteiger charge is 2.16. The number of hydrogen-bond acceptors (Lipinski definition) is 2. The Morgan fingerprint density at radius 1 is 1.38 bits per heavy atom. The van der Waals surface area contributed by atoms with Crippen LogP contribution in [0.5, 0.6) is 0 Å². The van der Waals surface area contributed by atoms with Crippen molar-refractivity contribution in [2.45, 2.75) is 26.7 Å². The number of halogens is 1. The van der Waals surface area contributed by atoms with Gasteiger partial charge in [0.15, 0.2) is 10.4 Å². The van der Waals surface area contributed by atoms with Crippen LogP contribution in [-0.4, -0.2) is 19.3 Å². The zero-order valence-electron chi connectivity index (χ0n) is 12.3. The number of nitrogens with zero attached hydrogens (tertiary/aromatic N) is 3. The maximum atomic E-state index is 5.54. The van der Waals surface area contributed by atoms with Gasteiger partial charge in [0, 0.05) is 11.5 Å². The highest BCUT2D eigenvalue weighted by Crippen LogP contribution is 2.26. The van der Waals surface area contributed by atoms with Crippen LogP contribution in [0.2, 0.25) is 0 Å². The van der Waals surface area contributed by atoms with Crippen LogP contribution in [0.4, 0.5) is 0 Å². The SMILES string of the molecule is CCCc1nn(C)c2c1[nH]c(=S)n2-c1ccc(Br)cc1C. The fraction of sp³-hybridized carbons (Fsp3) is 0.333. The van der Waals surface area contributed by atoms with Gasteiger partial charge in [-0.2, -0.15) is 5.10 Å². The van der Waals surface area contributed by atoms with Crippen LogP contribution < -0.4 is 0 Å². The first-order chi connectivity index (χ1) is 10.0. The second-order valence-electron chi connectivity index (χ2n) is 5.22. The lowest BCUT2D eigenvalue weighted by atomic mass is 10.2. The number of aromatic nitrogens is 4. The molecular weight excluding hydrogens is 348 g/mol. The van der Waals surface area contributed by atoms with Crippen LogP contribution in [0.3, 0.4) is 0 Å². The smallest absolute Gasteiger partial charge is 0.184 e. The van der Waals surface area contributed by atoms with Gasteiger partial charge >= 0.3 is 0 Å². The van der Waals surface area contributed by atoms with Gasteiger partial charge in [-0.1, -0.05) is 29.3 Å². The van der Waals surface area contributed by atoms with E-state index in [-0.39, 0.29) is 0 Å².